The Balaban J connectivity index is 1.06. The fourth-order valence-corrected chi connectivity index (χ4v) is 9.25. The Labute approximate surface area is 282 Å². The first kappa shape index (κ1) is 30.1. The Hall–Kier alpha value is -4.30. The van der Waals surface area contributed by atoms with Gasteiger partial charge in [-0.25, -0.2) is 0 Å². The van der Waals surface area contributed by atoms with Gasteiger partial charge in [-0.2, -0.15) is 0 Å². The van der Waals surface area contributed by atoms with Gasteiger partial charge in [0.05, 0.1) is 5.54 Å². The van der Waals surface area contributed by atoms with E-state index in [1.54, 1.807) is 0 Å². The van der Waals surface area contributed by atoms with E-state index < -0.39 is 0 Å². The van der Waals surface area contributed by atoms with Crippen LogP contribution in [0.1, 0.15) is 88.6 Å². The lowest BCUT2D eigenvalue weighted by Crippen LogP contribution is -2.45. The average Bonchev–Trinajstić information content (AvgIpc) is 3.25. The number of hydrogen-bond donors (Lipinski definition) is 0. The van der Waals surface area contributed by atoms with Gasteiger partial charge in [0.1, 0.15) is 0 Å². The third-order valence-corrected chi connectivity index (χ3v) is 11.8. The van der Waals surface area contributed by atoms with Crippen molar-refractivity contribution in [3.63, 3.8) is 0 Å². The van der Waals surface area contributed by atoms with Crippen molar-refractivity contribution >= 4 is 23.5 Å². The fraction of sp³-hybridized carbons (Fsp3) is 0.333. The highest BCUT2D eigenvalue weighted by Crippen LogP contribution is 2.58. The molecule has 2 nitrogen and oxygen atoms in total. The Morgan fingerprint density at radius 3 is 2.36 bits per heavy atom. The topological polar surface area (TPSA) is 6.48 Å². The predicted molar refractivity (Wildman–Crippen MR) is 200 cm³/mol. The van der Waals surface area contributed by atoms with Crippen LogP contribution in [0.5, 0.6) is 0 Å². The van der Waals surface area contributed by atoms with Crippen LogP contribution in [0.4, 0.5) is 11.4 Å². The lowest BCUT2D eigenvalue weighted by Gasteiger charge is -2.47. The number of rotatable bonds is 4. The zero-order chi connectivity index (χ0) is 32.6. The van der Waals surface area contributed by atoms with Crippen LogP contribution in [-0.2, 0) is 17.3 Å². The molecule has 5 aliphatic rings. The molecule has 0 saturated carbocycles. The molecule has 3 atom stereocenters. The van der Waals surface area contributed by atoms with Crippen molar-refractivity contribution < 1.29 is 0 Å². The van der Waals surface area contributed by atoms with Gasteiger partial charge < -0.3 is 9.80 Å². The summed E-state index contributed by atoms with van der Waals surface area (Å²) in [5.41, 5.74) is 13.6. The van der Waals surface area contributed by atoms with Crippen LogP contribution in [0, 0.1) is 5.92 Å². The number of nitrogens with zero attached hydrogens (tertiary/aromatic N) is 2. The summed E-state index contributed by atoms with van der Waals surface area (Å²) >= 11 is 0. The standard InChI is InChI=1S/C45H48N2/c1-31-15-21-34-11-7-9-13-40(34)46(31)36-22-18-32(19-23-36)16-17-33-20-24-38-39(29-33)44(4,5)42-30-37(26-28-45(38,42)6)47-41-14-10-8-12-35(41)25-27-43(47,2)3/h7-9,11-13,16-20,22-31,42H,10,14-15,21H2,1-6H3. The molecule has 3 unspecified atom stereocenters. The zero-order valence-electron chi connectivity index (χ0n) is 28.9. The minimum atomic E-state index is -0.0593. The minimum Gasteiger partial charge on any atom is -0.338 e. The Morgan fingerprint density at radius 1 is 0.766 bits per heavy atom. The van der Waals surface area contributed by atoms with Crippen LogP contribution in [0.2, 0.25) is 0 Å². The summed E-state index contributed by atoms with van der Waals surface area (Å²) < 4.78 is 0. The zero-order valence-corrected chi connectivity index (χ0v) is 28.9. The smallest absolute Gasteiger partial charge is 0.0577 e. The van der Waals surface area contributed by atoms with Gasteiger partial charge in [0.2, 0.25) is 0 Å². The summed E-state index contributed by atoms with van der Waals surface area (Å²) in [6.45, 7) is 14.4. The molecule has 3 aromatic carbocycles. The molecule has 0 saturated heterocycles. The van der Waals surface area contributed by atoms with Crippen LogP contribution in [0.25, 0.3) is 12.2 Å². The van der Waals surface area contributed by atoms with Gasteiger partial charge >= 0.3 is 0 Å². The van der Waals surface area contributed by atoms with E-state index in [1.807, 2.05) is 0 Å². The van der Waals surface area contributed by atoms with Crippen LogP contribution >= 0.6 is 0 Å². The first-order valence-corrected chi connectivity index (χ1v) is 17.7. The number of para-hydroxylation sites is 1. The van der Waals surface area contributed by atoms with Gasteiger partial charge in [-0.1, -0.05) is 118 Å². The quantitative estimate of drug-likeness (QED) is 0.269. The lowest BCUT2D eigenvalue weighted by atomic mass is 9.66. The first-order chi connectivity index (χ1) is 22.6. The molecule has 0 spiro atoms. The third kappa shape index (κ3) is 4.83. The Bertz CT molecular complexity index is 1920. The summed E-state index contributed by atoms with van der Waals surface area (Å²) in [4.78, 5) is 5.12. The molecular weight excluding hydrogens is 569 g/mol. The molecule has 0 N–H and O–H groups in total. The molecular formula is C45H48N2. The number of fused-ring (bicyclic) bond motifs is 4. The maximum atomic E-state index is 2.62. The van der Waals surface area contributed by atoms with Gasteiger partial charge in [0.25, 0.3) is 0 Å². The fourth-order valence-electron chi connectivity index (χ4n) is 9.25. The molecule has 0 bridgehead atoms. The van der Waals surface area contributed by atoms with Crippen molar-refractivity contribution in [2.24, 2.45) is 5.92 Å². The van der Waals surface area contributed by atoms with Crippen LogP contribution in [-0.4, -0.2) is 16.5 Å². The Morgan fingerprint density at radius 2 is 1.53 bits per heavy atom. The first-order valence-electron chi connectivity index (χ1n) is 17.7. The van der Waals surface area contributed by atoms with E-state index in [0.29, 0.717) is 12.0 Å². The van der Waals surface area contributed by atoms with Crippen LogP contribution in [0.15, 0.2) is 126 Å². The molecule has 238 valence electrons. The molecule has 3 aromatic rings. The summed E-state index contributed by atoms with van der Waals surface area (Å²) in [6, 6.07) is 25.6. The van der Waals surface area contributed by atoms with Crippen LogP contribution < -0.4 is 4.90 Å². The molecule has 3 aliphatic carbocycles. The molecule has 8 rings (SSSR count). The van der Waals surface area contributed by atoms with Gasteiger partial charge in [0.15, 0.2) is 0 Å². The number of allylic oxidation sites excluding steroid dienone is 8. The second-order valence-electron chi connectivity index (χ2n) is 15.7. The summed E-state index contributed by atoms with van der Waals surface area (Å²) in [5.74, 6) is 0.379. The molecule has 2 heteroatoms. The molecule has 0 fully saturated rings. The van der Waals surface area contributed by atoms with Gasteiger partial charge in [-0.3, -0.25) is 0 Å². The van der Waals surface area contributed by atoms with E-state index in [-0.39, 0.29) is 16.4 Å². The second kappa shape index (κ2) is 10.9. The van der Waals surface area contributed by atoms with E-state index in [2.05, 4.69) is 173 Å². The number of anilines is 2. The van der Waals surface area contributed by atoms with E-state index in [1.165, 1.54) is 62.6 Å². The molecule has 2 aliphatic heterocycles. The number of aryl methyl sites for hydroxylation is 1. The SMILES string of the molecule is CC1CCc2ccccc2N1c1ccc(C=Cc2ccc3c(c2)C(C)(C)C2C=C(N4C5=C(C=CCC5)C=CC4(C)C)C=CC32C)cc1. The molecule has 0 amide bonds. The largest absolute Gasteiger partial charge is 0.338 e. The average molecular weight is 617 g/mol. The molecule has 0 aromatic heterocycles. The number of hydrogen-bond acceptors (Lipinski definition) is 2. The maximum absolute atomic E-state index is 2.62. The van der Waals surface area contributed by atoms with Crippen molar-refractivity contribution in [3.05, 3.63) is 154 Å². The van der Waals surface area contributed by atoms with E-state index in [9.17, 15) is 0 Å². The monoisotopic (exact) mass is 616 g/mol. The van der Waals surface area contributed by atoms with Crippen molar-refractivity contribution in [1.29, 1.82) is 0 Å². The lowest BCUT2D eigenvalue weighted by molar-refractivity contribution is 0.247. The third-order valence-electron chi connectivity index (χ3n) is 11.8. The highest BCUT2D eigenvalue weighted by atomic mass is 15.2. The second-order valence-corrected chi connectivity index (χ2v) is 15.7. The molecule has 0 radical (unpaired) electrons. The van der Waals surface area contributed by atoms with E-state index in [4.69, 9.17) is 0 Å². The van der Waals surface area contributed by atoms with Crippen molar-refractivity contribution in [2.45, 2.75) is 89.6 Å². The van der Waals surface area contributed by atoms with Gasteiger partial charge in [-0.15, -0.1) is 0 Å². The normalized spacial score (nSPS) is 26.6. The minimum absolute atomic E-state index is 0.00642. The van der Waals surface area contributed by atoms with Crippen molar-refractivity contribution in [2.75, 3.05) is 4.90 Å². The predicted octanol–water partition coefficient (Wildman–Crippen LogP) is 11.2. The summed E-state index contributed by atoms with van der Waals surface area (Å²) in [6.07, 6.45) is 25.9. The van der Waals surface area contributed by atoms with Gasteiger partial charge in [0, 0.05) is 40.1 Å². The van der Waals surface area contributed by atoms with Crippen LogP contribution in [0.3, 0.4) is 0 Å². The summed E-state index contributed by atoms with van der Waals surface area (Å²) in [7, 11) is 0. The molecule has 47 heavy (non-hydrogen) atoms. The van der Waals surface area contributed by atoms with E-state index in [0.717, 1.165) is 19.3 Å². The summed E-state index contributed by atoms with van der Waals surface area (Å²) in [5, 5.41) is 0. The number of benzene rings is 3. The van der Waals surface area contributed by atoms with E-state index >= 15 is 0 Å². The van der Waals surface area contributed by atoms with Crippen molar-refractivity contribution in [3.8, 4) is 0 Å². The van der Waals surface area contributed by atoms with Gasteiger partial charge in [-0.05, 0) is 110 Å². The van der Waals surface area contributed by atoms with Crippen molar-refractivity contribution in [1.82, 2.24) is 4.90 Å². The Kier molecular flexibility index (Phi) is 6.96. The molecule has 2 heterocycles. The maximum Gasteiger partial charge on any atom is 0.0577 e. The highest BCUT2D eigenvalue weighted by Gasteiger charge is 2.53. The highest BCUT2D eigenvalue weighted by molar-refractivity contribution is 5.74.